The summed E-state index contributed by atoms with van der Waals surface area (Å²) in [5.74, 6) is 0.493. The van der Waals surface area contributed by atoms with Crippen molar-refractivity contribution in [2.24, 2.45) is 4.99 Å². The molecule has 1 heterocycles. The molecule has 1 amide bonds. The predicted octanol–water partition coefficient (Wildman–Crippen LogP) is 3.85. The number of carbonyl (C=O) groups excluding carboxylic acids is 1. The largest absolute Gasteiger partial charge is 0.347 e. The molecule has 2 aromatic rings. The lowest BCUT2D eigenvalue weighted by molar-refractivity contribution is -0.122. The first-order valence-electron chi connectivity index (χ1n) is 10.1. The van der Waals surface area contributed by atoms with E-state index in [-0.39, 0.29) is 16.3 Å². The van der Waals surface area contributed by atoms with Crippen molar-refractivity contribution in [1.29, 1.82) is 0 Å². The maximum Gasteiger partial charge on any atom is 0.263 e. The lowest BCUT2D eigenvalue weighted by Crippen LogP contribution is -2.34. The van der Waals surface area contributed by atoms with Crippen LogP contribution in [0.1, 0.15) is 49.7 Å². The molecular weight excluding hydrogens is 466 g/mol. The van der Waals surface area contributed by atoms with E-state index < -0.39 is 10.0 Å². The molecule has 6 nitrogen and oxygen atoms in total. The zero-order valence-corrected chi connectivity index (χ0v) is 18.9. The lowest BCUT2D eigenvalue weighted by Gasteiger charge is -2.18. The number of nitrogens with zero attached hydrogens (tertiary/aromatic N) is 1. The molecule has 0 radical (unpaired) electrons. The zero-order valence-electron chi connectivity index (χ0n) is 16.5. The number of carbonyl (C=O) groups is 1. The van der Waals surface area contributed by atoms with Crippen LogP contribution in [0.25, 0.3) is 0 Å². The lowest BCUT2D eigenvalue weighted by atomic mass is 10.0. The van der Waals surface area contributed by atoms with Crippen LogP contribution >= 0.6 is 15.9 Å². The summed E-state index contributed by atoms with van der Waals surface area (Å²) in [5, 5.41) is 3.20. The molecule has 0 unspecified atom stereocenters. The van der Waals surface area contributed by atoms with Crippen molar-refractivity contribution in [2.75, 3.05) is 6.54 Å². The summed E-state index contributed by atoms with van der Waals surface area (Å²) in [4.78, 5) is 17.1. The van der Waals surface area contributed by atoms with Gasteiger partial charge in [0, 0.05) is 23.0 Å². The number of aliphatic imine (C=N–C) groups is 1. The predicted molar refractivity (Wildman–Crippen MR) is 120 cm³/mol. The molecule has 2 aromatic carbocycles. The summed E-state index contributed by atoms with van der Waals surface area (Å²) in [7, 11) is -3.49. The SMILES string of the molecule is O=C(CCCCCN=C1NS(=O)(=O)c2ccccc21)NC1(c2ccc(Br)cc2)CC1. The van der Waals surface area contributed by atoms with Gasteiger partial charge in [-0.1, -0.05) is 46.6 Å². The van der Waals surface area contributed by atoms with E-state index in [1.807, 2.05) is 12.1 Å². The Balaban J connectivity index is 1.20. The van der Waals surface area contributed by atoms with Gasteiger partial charge in [-0.15, -0.1) is 0 Å². The molecule has 0 bridgehead atoms. The number of unbranched alkanes of at least 4 members (excludes halogenated alkanes) is 2. The molecule has 0 atom stereocenters. The summed E-state index contributed by atoms with van der Waals surface area (Å²) >= 11 is 3.44. The molecule has 30 heavy (non-hydrogen) atoms. The van der Waals surface area contributed by atoms with Gasteiger partial charge < -0.3 is 5.32 Å². The summed E-state index contributed by atoms with van der Waals surface area (Å²) < 4.78 is 27.7. The Kier molecular flexibility index (Phi) is 5.97. The molecule has 8 heteroatoms. The van der Waals surface area contributed by atoms with Gasteiger partial charge in [0.25, 0.3) is 10.0 Å². The van der Waals surface area contributed by atoms with E-state index in [1.54, 1.807) is 24.3 Å². The molecule has 0 aromatic heterocycles. The van der Waals surface area contributed by atoms with Crippen molar-refractivity contribution in [3.05, 3.63) is 64.1 Å². The van der Waals surface area contributed by atoms with Crippen molar-refractivity contribution in [1.82, 2.24) is 10.0 Å². The van der Waals surface area contributed by atoms with Crippen LogP contribution in [0, 0.1) is 0 Å². The third kappa shape index (κ3) is 4.59. The number of amidine groups is 1. The van der Waals surface area contributed by atoms with E-state index in [2.05, 4.69) is 43.1 Å². The summed E-state index contributed by atoms with van der Waals surface area (Å²) in [5.41, 5.74) is 1.60. The van der Waals surface area contributed by atoms with Gasteiger partial charge in [-0.25, -0.2) is 8.42 Å². The normalized spacial score (nSPS) is 19.2. The minimum Gasteiger partial charge on any atom is -0.347 e. The van der Waals surface area contributed by atoms with Gasteiger partial charge in [0.1, 0.15) is 5.84 Å². The van der Waals surface area contributed by atoms with Crippen LogP contribution in [0.2, 0.25) is 0 Å². The number of amides is 1. The highest BCUT2D eigenvalue weighted by Crippen LogP contribution is 2.45. The van der Waals surface area contributed by atoms with Crippen LogP contribution in [-0.2, 0) is 20.4 Å². The molecule has 2 N–H and O–H groups in total. The first kappa shape index (κ1) is 21.1. The van der Waals surface area contributed by atoms with Crippen molar-refractivity contribution in [2.45, 2.75) is 49.0 Å². The van der Waals surface area contributed by atoms with Crippen LogP contribution in [0.15, 0.2) is 62.9 Å². The van der Waals surface area contributed by atoms with Gasteiger partial charge in [0.15, 0.2) is 0 Å². The minimum atomic E-state index is -3.49. The second-order valence-electron chi connectivity index (χ2n) is 7.78. The van der Waals surface area contributed by atoms with E-state index in [0.29, 0.717) is 24.4 Å². The minimum absolute atomic E-state index is 0.0826. The Labute approximate surface area is 185 Å². The highest BCUT2D eigenvalue weighted by atomic mass is 79.9. The maximum absolute atomic E-state index is 12.4. The van der Waals surface area contributed by atoms with Gasteiger partial charge in [0.05, 0.1) is 10.4 Å². The fourth-order valence-electron chi connectivity index (χ4n) is 3.73. The number of hydrogen-bond donors (Lipinski definition) is 2. The molecule has 2 aliphatic rings. The monoisotopic (exact) mass is 489 g/mol. The number of benzene rings is 2. The fraction of sp³-hybridized carbons (Fsp3) is 0.364. The fourth-order valence-corrected chi connectivity index (χ4v) is 5.24. The number of sulfonamides is 1. The van der Waals surface area contributed by atoms with E-state index in [4.69, 9.17) is 0 Å². The van der Waals surface area contributed by atoms with E-state index in [1.165, 1.54) is 0 Å². The maximum atomic E-state index is 12.4. The Morgan fingerprint density at radius 2 is 1.80 bits per heavy atom. The summed E-state index contributed by atoms with van der Waals surface area (Å²) in [6.07, 6.45) is 4.91. The topological polar surface area (TPSA) is 87.6 Å². The van der Waals surface area contributed by atoms with Crippen molar-refractivity contribution >= 4 is 37.7 Å². The summed E-state index contributed by atoms with van der Waals surface area (Å²) in [6, 6.07) is 15.0. The Morgan fingerprint density at radius 3 is 2.53 bits per heavy atom. The number of halogens is 1. The summed E-state index contributed by atoms with van der Waals surface area (Å²) in [6.45, 7) is 0.524. The average molecular weight is 490 g/mol. The molecular formula is C22H24BrN3O3S. The average Bonchev–Trinajstić information content (AvgIpc) is 3.45. The molecule has 0 spiro atoms. The number of rotatable bonds is 8. The Morgan fingerprint density at radius 1 is 1.07 bits per heavy atom. The van der Waals surface area contributed by atoms with Gasteiger partial charge in [-0.3, -0.25) is 14.5 Å². The molecule has 158 valence electrons. The molecule has 1 aliphatic carbocycles. The number of fused-ring (bicyclic) bond motifs is 1. The van der Waals surface area contributed by atoms with Crippen molar-refractivity contribution in [3.63, 3.8) is 0 Å². The standard InChI is InChI=1S/C22H24BrN3O3S/c23-17-11-9-16(10-12-17)22(13-14-22)25-20(27)8-2-1-5-15-24-21-18-6-3-4-7-19(18)30(28,29)26-21/h3-4,6-7,9-12H,1-2,5,8,13-15H2,(H,24,26)(H,25,27). The quantitative estimate of drug-likeness (QED) is 0.551. The molecule has 1 saturated carbocycles. The van der Waals surface area contributed by atoms with E-state index >= 15 is 0 Å². The molecule has 4 rings (SSSR count). The number of nitrogens with one attached hydrogen (secondary N) is 2. The van der Waals surface area contributed by atoms with Crippen LogP contribution in [0.5, 0.6) is 0 Å². The zero-order chi connectivity index (χ0) is 21.2. The first-order valence-corrected chi connectivity index (χ1v) is 12.4. The van der Waals surface area contributed by atoms with Gasteiger partial charge in [0.2, 0.25) is 5.91 Å². The van der Waals surface area contributed by atoms with Crippen LogP contribution in [0.3, 0.4) is 0 Å². The Bertz CT molecular complexity index is 1080. The van der Waals surface area contributed by atoms with Gasteiger partial charge >= 0.3 is 0 Å². The van der Waals surface area contributed by atoms with Crippen molar-refractivity contribution in [3.8, 4) is 0 Å². The molecule has 0 saturated heterocycles. The highest BCUT2D eigenvalue weighted by Gasteiger charge is 2.45. The third-order valence-electron chi connectivity index (χ3n) is 5.52. The molecule has 1 fully saturated rings. The van der Waals surface area contributed by atoms with Crippen molar-refractivity contribution < 1.29 is 13.2 Å². The van der Waals surface area contributed by atoms with Crippen LogP contribution in [0.4, 0.5) is 0 Å². The first-order chi connectivity index (χ1) is 14.4. The van der Waals surface area contributed by atoms with Crippen LogP contribution in [-0.4, -0.2) is 26.7 Å². The Hall–Kier alpha value is -2.19. The molecule has 1 aliphatic heterocycles. The third-order valence-corrected chi connectivity index (χ3v) is 7.45. The van der Waals surface area contributed by atoms with Gasteiger partial charge in [-0.05, 0) is 55.5 Å². The number of hydrogen-bond acceptors (Lipinski definition) is 4. The van der Waals surface area contributed by atoms with Gasteiger partial charge in [-0.2, -0.15) is 0 Å². The smallest absolute Gasteiger partial charge is 0.263 e. The second kappa shape index (κ2) is 8.51. The van der Waals surface area contributed by atoms with E-state index in [0.717, 1.165) is 42.1 Å². The second-order valence-corrected chi connectivity index (χ2v) is 10.3. The van der Waals surface area contributed by atoms with E-state index in [9.17, 15) is 13.2 Å². The highest BCUT2D eigenvalue weighted by molar-refractivity contribution is 9.10. The van der Waals surface area contributed by atoms with Crippen LogP contribution < -0.4 is 10.0 Å².